The first-order valence-corrected chi connectivity index (χ1v) is 11.6. The maximum atomic E-state index is 13.7. The SMILES string of the molecule is CCN(CC)CCOc1ccc(-c2oc3ccccc3c2C(=O)c2cc(C)ccc2C)cc1. The van der Waals surface area contributed by atoms with Crippen LogP contribution >= 0.6 is 0 Å². The Kier molecular flexibility index (Phi) is 6.95. The number of ether oxygens (including phenoxy) is 1. The van der Waals surface area contributed by atoms with Gasteiger partial charge >= 0.3 is 0 Å². The number of likely N-dealkylation sites (N-methyl/N-ethyl adjacent to an activating group) is 1. The second kappa shape index (κ2) is 10.1. The van der Waals surface area contributed by atoms with E-state index < -0.39 is 0 Å². The standard InChI is InChI=1S/C29H31NO3/c1-5-30(6-2)17-18-32-23-15-13-22(14-16-23)29-27(24-9-7-8-10-26(24)33-29)28(31)25-19-20(3)11-12-21(25)4/h7-16,19H,5-6,17-18H2,1-4H3. The van der Waals surface area contributed by atoms with E-state index in [1.165, 1.54) is 0 Å². The van der Waals surface area contributed by atoms with Gasteiger partial charge in [-0.2, -0.15) is 0 Å². The van der Waals surface area contributed by atoms with E-state index >= 15 is 0 Å². The van der Waals surface area contributed by atoms with E-state index in [-0.39, 0.29) is 5.78 Å². The minimum Gasteiger partial charge on any atom is -0.492 e. The Balaban J connectivity index is 1.67. The molecule has 4 nitrogen and oxygen atoms in total. The Labute approximate surface area is 195 Å². The largest absolute Gasteiger partial charge is 0.492 e. The van der Waals surface area contributed by atoms with Crippen LogP contribution in [-0.4, -0.2) is 36.9 Å². The smallest absolute Gasteiger partial charge is 0.197 e. The molecule has 1 aromatic heterocycles. The van der Waals surface area contributed by atoms with Crippen molar-refractivity contribution in [1.29, 1.82) is 0 Å². The molecule has 0 amide bonds. The molecule has 4 heteroatoms. The molecule has 0 bridgehead atoms. The summed E-state index contributed by atoms with van der Waals surface area (Å²) in [5.74, 6) is 1.39. The fraction of sp³-hybridized carbons (Fsp3) is 0.276. The number of ketones is 1. The molecule has 0 saturated carbocycles. The summed E-state index contributed by atoms with van der Waals surface area (Å²) in [4.78, 5) is 16.1. The third-order valence-electron chi connectivity index (χ3n) is 6.15. The van der Waals surface area contributed by atoms with Crippen molar-refractivity contribution in [2.45, 2.75) is 27.7 Å². The van der Waals surface area contributed by atoms with Crippen LogP contribution in [0.4, 0.5) is 0 Å². The summed E-state index contributed by atoms with van der Waals surface area (Å²) in [5, 5.41) is 0.831. The van der Waals surface area contributed by atoms with Gasteiger partial charge in [-0.25, -0.2) is 0 Å². The molecule has 0 radical (unpaired) electrons. The van der Waals surface area contributed by atoms with Gasteiger partial charge in [0.2, 0.25) is 0 Å². The summed E-state index contributed by atoms with van der Waals surface area (Å²) in [7, 11) is 0. The molecule has 0 N–H and O–H groups in total. The van der Waals surface area contributed by atoms with Crippen molar-refractivity contribution in [3.63, 3.8) is 0 Å². The number of hydrogen-bond donors (Lipinski definition) is 0. The number of hydrogen-bond acceptors (Lipinski definition) is 4. The lowest BCUT2D eigenvalue weighted by atomic mass is 9.94. The normalized spacial score (nSPS) is 11.3. The van der Waals surface area contributed by atoms with E-state index in [2.05, 4.69) is 18.7 Å². The number of benzene rings is 3. The first kappa shape index (κ1) is 22.8. The van der Waals surface area contributed by atoms with Crippen molar-refractivity contribution in [1.82, 2.24) is 4.90 Å². The van der Waals surface area contributed by atoms with E-state index in [1.54, 1.807) is 0 Å². The molecule has 0 spiro atoms. The summed E-state index contributed by atoms with van der Waals surface area (Å²) in [6.45, 7) is 11.9. The van der Waals surface area contributed by atoms with E-state index in [0.717, 1.165) is 47.5 Å². The molecule has 1 heterocycles. The highest BCUT2D eigenvalue weighted by Gasteiger charge is 2.24. The summed E-state index contributed by atoms with van der Waals surface area (Å²) in [6.07, 6.45) is 0. The highest BCUT2D eigenvalue weighted by atomic mass is 16.5. The van der Waals surface area contributed by atoms with Gasteiger partial charge in [-0.3, -0.25) is 4.79 Å². The number of nitrogens with zero attached hydrogens (tertiary/aromatic N) is 1. The monoisotopic (exact) mass is 441 g/mol. The molecule has 0 aliphatic rings. The number of fused-ring (bicyclic) bond motifs is 1. The summed E-state index contributed by atoms with van der Waals surface area (Å²) in [6, 6.07) is 21.5. The van der Waals surface area contributed by atoms with Crippen LogP contribution in [0.25, 0.3) is 22.3 Å². The highest BCUT2D eigenvalue weighted by Crippen LogP contribution is 2.36. The second-order valence-electron chi connectivity index (χ2n) is 8.35. The lowest BCUT2D eigenvalue weighted by molar-refractivity contribution is 0.103. The molecule has 170 valence electrons. The Morgan fingerprint density at radius 3 is 2.39 bits per heavy atom. The lowest BCUT2D eigenvalue weighted by Crippen LogP contribution is -2.27. The molecule has 0 atom stereocenters. The van der Waals surface area contributed by atoms with E-state index in [1.807, 2.05) is 80.6 Å². The first-order chi connectivity index (χ1) is 16.0. The van der Waals surface area contributed by atoms with Crippen LogP contribution in [0.15, 0.2) is 71.1 Å². The van der Waals surface area contributed by atoms with Gasteiger partial charge in [-0.15, -0.1) is 0 Å². The predicted molar refractivity (Wildman–Crippen MR) is 134 cm³/mol. The molecule has 3 aromatic carbocycles. The number of furan rings is 1. The van der Waals surface area contributed by atoms with Crippen LogP contribution in [0, 0.1) is 13.8 Å². The number of carbonyl (C=O) groups excluding carboxylic acids is 1. The van der Waals surface area contributed by atoms with Crippen molar-refractivity contribution in [2.75, 3.05) is 26.2 Å². The zero-order valence-electron chi connectivity index (χ0n) is 19.9. The molecule has 4 rings (SSSR count). The average molecular weight is 442 g/mol. The van der Waals surface area contributed by atoms with Crippen LogP contribution in [0.2, 0.25) is 0 Å². The molecule has 33 heavy (non-hydrogen) atoms. The Morgan fingerprint density at radius 1 is 0.939 bits per heavy atom. The fourth-order valence-electron chi connectivity index (χ4n) is 4.12. The molecule has 4 aromatic rings. The summed E-state index contributed by atoms with van der Waals surface area (Å²) >= 11 is 0. The van der Waals surface area contributed by atoms with Gasteiger partial charge in [-0.05, 0) is 68.9 Å². The van der Waals surface area contributed by atoms with Crippen LogP contribution in [-0.2, 0) is 0 Å². The Hall–Kier alpha value is -3.37. The Bertz CT molecular complexity index is 1250. The first-order valence-electron chi connectivity index (χ1n) is 11.6. The maximum absolute atomic E-state index is 13.7. The van der Waals surface area contributed by atoms with Crippen molar-refractivity contribution < 1.29 is 13.9 Å². The number of aryl methyl sites for hydroxylation is 2. The molecule has 0 unspecified atom stereocenters. The van der Waals surface area contributed by atoms with E-state index in [9.17, 15) is 4.79 Å². The second-order valence-corrected chi connectivity index (χ2v) is 8.35. The zero-order valence-corrected chi connectivity index (χ0v) is 19.9. The summed E-state index contributed by atoms with van der Waals surface area (Å²) in [5.41, 5.74) is 4.90. The maximum Gasteiger partial charge on any atom is 0.197 e. The molecule has 0 saturated heterocycles. The van der Waals surface area contributed by atoms with Gasteiger partial charge in [0.05, 0.1) is 5.56 Å². The predicted octanol–water partition coefficient (Wildman–Crippen LogP) is 6.67. The topological polar surface area (TPSA) is 42.7 Å². The molecular weight excluding hydrogens is 410 g/mol. The van der Waals surface area contributed by atoms with Crippen LogP contribution < -0.4 is 4.74 Å². The Morgan fingerprint density at radius 2 is 1.67 bits per heavy atom. The van der Waals surface area contributed by atoms with Crippen molar-refractivity contribution in [2.24, 2.45) is 0 Å². The average Bonchev–Trinajstić information content (AvgIpc) is 3.23. The minimum absolute atomic E-state index is 0.0179. The van der Waals surface area contributed by atoms with Crippen molar-refractivity contribution in [3.8, 4) is 17.1 Å². The van der Waals surface area contributed by atoms with Crippen molar-refractivity contribution in [3.05, 3.63) is 89.0 Å². The fourth-order valence-corrected chi connectivity index (χ4v) is 4.12. The van der Waals surface area contributed by atoms with Crippen LogP contribution in [0.1, 0.15) is 40.9 Å². The van der Waals surface area contributed by atoms with Gasteiger partial charge < -0.3 is 14.1 Å². The van der Waals surface area contributed by atoms with Gasteiger partial charge in [0, 0.05) is 23.1 Å². The lowest BCUT2D eigenvalue weighted by Gasteiger charge is -2.18. The van der Waals surface area contributed by atoms with E-state index in [4.69, 9.17) is 9.15 Å². The molecular formula is C29H31NO3. The van der Waals surface area contributed by atoms with Gasteiger partial charge in [-0.1, -0.05) is 49.7 Å². The number of rotatable bonds is 9. The van der Waals surface area contributed by atoms with Crippen molar-refractivity contribution >= 4 is 16.8 Å². The highest BCUT2D eigenvalue weighted by molar-refractivity contribution is 6.20. The molecule has 0 aliphatic carbocycles. The number of para-hydroxylation sites is 1. The minimum atomic E-state index is -0.0179. The third-order valence-corrected chi connectivity index (χ3v) is 6.15. The van der Waals surface area contributed by atoms with Gasteiger partial charge in [0.15, 0.2) is 5.78 Å². The van der Waals surface area contributed by atoms with Crippen LogP contribution in [0.3, 0.4) is 0 Å². The molecule has 0 fully saturated rings. The molecule has 0 aliphatic heterocycles. The third kappa shape index (κ3) is 4.86. The van der Waals surface area contributed by atoms with Gasteiger partial charge in [0.25, 0.3) is 0 Å². The zero-order chi connectivity index (χ0) is 23.4. The van der Waals surface area contributed by atoms with E-state index in [0.29, 0.717) is 29.1 Å². The number of carbonyl (C=O) groups is 1. The van der Waals surface area contributed by atoms with Crippen LogP contribution in [0.5, 0.6) is 5.75 Å². The quantitative estimate of drug-likeness (QED) is 0.272. The summed E-state index contributed by atoms with van der Waals surface area (Å²) < 4.78 is 12.1. The van der Waals surface area contributed by atoms with Gasteiger partial charge in [0.1, 0.15) is 23.7 Å².